The third-order valence-corrected chi connectivity index (χ3v) is 4.87. The molecule has 26 heavy (non-hydrogen) atoms. The SMILES string of the molecule is CCOC(C(=O)O)c1c(C)nc2ccc(Br)cc2c1-c1ccc(Cl)cc1. The Labute approximate surface area is 164 Å². The number of benzene rings is 2. The van der Waals surface area contributed by atoms with Crippen molar-refractivity contribution < 1.29 is 14.6 Å². The van der Waals surface area contributed by atoms with E-state index >= 15 is 0 Å². The molecule has 3 aromatic rings. The predicted octanol–water partition coefficient (Wildman–Crippen LogP) is 5.79. The molecule has 1 aromatic heterocycles. The summed E-state index contributed by atoms with van der Waals surface area (Å²) in [5.74, 6) is -1.04. The Balaban J connectivity index is 2.42. The van der Waals surface area contributed by atoms with Gasteiger partial charge in [-0.2, -0.15) is 0 Å². The molecule has 0 spiro atoms. The van der Waals surface area contributed by atoms with Crippen LogP contribution >= 0.6 is 27.5 Å². The summed E-state index contributed by atoms with van der Waals surface area (Å²) in [6.45, 7) is 3.87. The fraction of sp³-hybridized carbons (Fsp3) is 0.200. The molecule has 0 aliphatic rings. The summed E-state index contributed by atoms with van der Waals surface area (Å²) in [5.41, 5.74) is 3.65. The number of aryl methyl sites for hydroxylation is 1. The van der Waals surface area contributed by atoms with Crippen LogP contribution in [-0.2, 0) is 9.53 Å². The molecule has 6 heteroatoms. The molecule has 0 bridgehead atoms. The third kappa shape index (κ3) is 3.61. The number of carboxylic acid groups (broad SMARTS) is 1. The Hall–Kier alpha value is -1.95. The maximum Gasteiger partial charge on any atom is 0.337 e. The lowest BCUT2D eigenvalue weighted by Crippen LogP contribution is -2.18. The van der Waals surface area contributed by atoms with E-state index in [4.69, 9.17) is 16.3 Å². The molecule has 2 aromatic carbocycles. The first-order valence-electron chi connectivity index (χ1n) is 8.12. The molecule has 134 valence electrons. The van der Waals surface area contributed by atoms with Crippen LogP contribution in [0, 0.1) is 6.92 Å². The fourth-order valence-corrected chi connectivity index (χ4v) is 3.55. The van der Waals surface area contributed by atoms with E-state index in [-0.39, 0.29) is 6.61 Å². The number of nitrogens with zero attached hydrogens (tertiary/aromatic N) is 1. The number of halogens is 2. The summed E-state index contributed by atoms with van der Waals surface area (Å²) < 4.78 is 6.45. The van der Waals surface area contributed by atoms with E-state index in [2.05, 4.69) is 20.9 Å². The topological polar surface area (TPSA) is 59.4 Å². The van der Waals surface area contributed by atoms with Gasteiger partial charge in [-0.3, -0.25) is 4.98 Å². The molecule has 1 heterocycles. The number of aliphatic carboxylic acids is 1. The Morgan fingerprint density at radius 1 is 1.27 bits per heavy atom. The van der Waals surface area contributed by atoms with Gasteiger partial charge in [0.15, 0.2) is 6.10 Å². The molecule has 0 saturated carbocycles. The summed E-state index contributed by atoms with van der Waals surface area (Å²) in [5, 5.41) is 11.2. The van der Waals surface area contributed by atoms with E-state index in [0.29, 0.717) is 16.3 Å². The highest BCUT2D eigenvalue weighted by molar-refractivity contribution is 9.10. The van der Waals surface area contributed by atoms with Crippen LogP contribution in [-0.4, -0.2) is 22.7 Å². The normalized spacial score (nSPS) is 12.3. The van der Waals surface area contributed by atoms with Crippen LogP contribution in [0.2, 0.25) is 5.02 Å². The quantitative estimate of drug-likeness (QED) is 0.552. The van der Waals surface area contributed by atoms with Gasteiger partial charge in [-0.25, -0.2) is 4.79 Å². The number of pyridine rings is 1. The third-order valence-electron chi connectivity index (χ3n) is 4.13. The highest BCUT2D eigenvalue weighted by Crippen LogP contribution is 2.39. The maximum atomic E-state index is 11.9. The van der Waals surface area contributed by atoms with E-state index in [1.807, 2.05) is 37.3 Å². The molecular formula is C20H17BrClNO3. The number of aromatic nitrogens is 1. The van der Waals surface area contributed by atoms with E-state index in [0.717, 1.165) is 26.5 Å². The van der Waals surface area contributed by atoms with Gasteiger partial charge < -0.3 is 9.84 Å². The average Bonchev–Trinajstić information content (AvgIpc) is 2.60. The van der Waals surface area contributed by atoms with Gasteiger partial charge in [0.05, 0.1) is 5.52 Å². The minimum atomic E-state index is -1.10. The van der Waals surface area contributed by atoms with Crippen LogP contribution in [0.1, 0.15) is 24.3 Å². The standard InChI is InChI=1S/C20H17BrClNO3/c1-3-26-19(20(24)25)17-11(2)23-16-9-6-13(21)10-15(16)18(17)12-4-7-14(22)8-5-12/h4-10,19H,3H2,1-2H3,(H,24,25). The summed E-state index contributed by atoms with van der Waals surface area (Å²) in [7, 11) is 0. The van der Waals surface area contributed by atoms with Gasteiger partial charge >= 0.3 is 5.97 Å². The van der Waals surface area contributed by atoms with Crippen molar-refractivity contribution in [2.75, 3.05) is 6.61 Å². The van der Waals surface area contributed by atoms with Crippen LogP contribution in [0.25, 0.3) is 22.0 Å². The van der Waals surface area contributed by atoms with Crippen molar-refractivity contribution in [3.05, 3.63) is 63.2 Å². The zero-order valence-corrected chi connectivity index (χ0v) is 16.6. The van der Waals surface area contributed by atoms with Gasteiger partial charge in [-0.1, -0.05) is 39.7 Å². The van der Waals surface area contributed by atoms with Crippen LogP contribution in [0.3, 0.4) is 0 Å². The second kappa shape index (κ2) is 7.74. The number of carboxylic acids is 1. The number of carbonyl (C=O) groups is 1. The van der Waals surface area contributed by atoms with Crippen molar-refractivity contribution in [3.63, 3.8) is 0 Å². The van der Waals surface area contributed by atoms with Crippen LogP contribution in [0.4, 0.5) is 0 Å². The number of rotatable bonds is 5. The molecule has 1 unspecified atom stereocenters. The molecule has 0 aliphatic carbocycles. The second-order valence-corrected chi connectivity index (χ2v) is 7.18. The molecule has 1 N–H and O–H groups in total. The van der Waals surface area contributed by atoms with Crippen molar-refractivity contribution >= 4 is 44.4 Å². The van der Waals surface area contributed by atoms with Crippen molar-refractivity contribution in [3.8, 4) is 11.1 Å². The van der Waals surface area contributed by atoms with Gasteiger partial charge in [0, 0.05) is 32.7 Å². The van der Waals surface area contributed by atoms with E-state index in [1.54, 1.807) is 19.1 Å². The Bertz CT molecular complexity index is 973. The van der Waals surface area contributed by atoms with Gasteiger partial charge in [-0.15, -0.1) is 0 Å². The molecule has 0 saturated heterocycles. The first-order valence-corrected chi connectivity index (χ1v) is 9.29. The summed E-state index contributed by atoms with van der Waals surface area (Å²) in [6, 6.07) is 13.1. The van der Waals surface area contributed by atoms with Crippen molar-refractivity contribution in [1.82, 2.24) is 4.98 Å². The highest BCUT2D eigenvalue weighted by atomic mass is 79.9. The number of hydrogen-bond acceptors (Lipinski definition) is 3. The monoisotopic (exact) mass is 433 g/mol. The van der Waals surface area contributed by atoms with E-state index in [1.165, 1.54) is 0 Å². The second-order valence-electron chi connectivity index (χ2n) is 5.83. The molecule has 0 aliphatic heterocycles. The van der Waals surface area contributed by atoms with Gasteiger partial charge in [0.2, 0.25) is 0 Å². The molecule has 0 amide bonds. The van der Waals surface area contributed by atoms with Gasteiger partial charge in [0.25, 0.3) is 0 Å². The number of fused-ring (bicyclic) bond motifs is 1. The molecule has 4 nitrogen and oxygen atoms in total. The number of ether oxygens (including phenoxy) is 1. The molecule has 3 rings (SSSR count). The Morgan fingerprint density at radius 2 is 1.96 bits per heavy atom. The maximum absolute atomic E-state index is 11.9. The van der Waals surface area contributed by atoms with Crippen LogP contribution in [0.15, 0.2) is 46.9 Å². The Morgan fingerprint density at radius 3 is 2.58 bits per heavy atom. The number of hydrogen-bond donors (Lipinski definition) is 1. The van der Waals surface area contributed by atoms with E-state index < -0.39 is 12.1 Å². The highest BCUT2D eigenvalue weighted by Gasteiger charge is 2.28. The summed E-state index contributed by atoms with van der Waals surface area (Å²) in [6.07, 6.45) is -1.10. The van der Waals surface area contributed by atoms with Crippen molar-refractivity contribution in [2.45, 2.75) is 20.0 Å². The smallest absolute Gasteiger partial charge is 0.337 e. The minimum Gasteiger partial charge on any atom is -0.479 e. The molecular weight excluding hydrogens is 418 g/mol. The Kier molecular flexibility index (Phi) is 5.61. The fourth-order valence-electron chi connectivity index (χ4n) is 3.07. The van der Waals surface area contributed by atoms with Crippen molar-refractivity contribution in [2.24, 2.45) is 0 Å². The van der Waals surface area contributed by atoms with Crippen molar-refractivity contribution in [1.29, 1.82) is 0 Å². The van der Waals surface area contributed by atoms with Gasteiger partial charge in [-0.05, 0) is 55.3 Å². The summed E-state index contributed by atoms with van der Waals surface area (Å²) >= 11 is 9.53. The minimum absolute atomic E-state index is 0.285. The van der Waals surface area contributed by atoms with Crippen LogP contribution in [0.5, 0.6) is 0 Å². The average molecular weight is 435 g/mol. The molecule has 0 fully saturated rings. The first-order chi connectivity index (χ1) is 12.4. The summed E-state index contributed by atoms with van der Waals surface area (Å²) in [4.78, 5) is 16.5. The lowest BCUT2D eigenvalue weighted by Gasteiger charge is -2.21. The van der Waals surface area contributed by atoms with E-state index in [9.17, 15) is 9.90 Å². The molecule has 0 radical (unpaired) electrons. The largest absolute Gasteiger partial charge is 0.479 e. The van der Waals surface area contributed by atoms with Crippen LogP contribution < -0.4 is 0 Å². The van der Waals surface area contributed by atoms with Gasteiger partial charge in [0.1, 0.15) is 0 Å². The molecule has 1 atom stereocenters. The first kappa shape index (κ1) is 18.8. The lowest BCUT2D eigenvalue weighted by molar-refractivity contribution is -0.150. The predicted molar refractivity (Wildman–Crippen MR) is 107 cm³/mol. The zero-order chi connectivity index (χ0) is 18.8. The lowest BCUT2D eigenvalue weighted by atomic mass is 9.91. The zero-order valence-electron chi connectivity index (χ0n) is 14.3.